The van der Waals surface area contributed by atoms with Crippen LogP contribution in [-0.4, -0.2) is 27.1 Å². The summed E-state index contributed by atoms with van der Waals surface area (Å²) in [6, 6.07) is 9.01. The molecule has 0 fully saturated rings. The Bertz CT molecular complexity index is 927. The van der Waals surface area contributed by atoms with Crippen LogP contribution in [-0.2, 0) is 16.4 Å². The maximum Gasteiger partial charge on any atom is 0.260 e. The number of halogens is 2. The molecular weight excluding hydrogens is 367 g/mol. The molecule has 1 amide bonds. The third-order valence-corrected chi connectivity index (χ3v) is 5.50. The Balaban J connectivity index is 1.94. The molecular formula is C17H16ClFN2O3S. The lowest BCUT2D eigenvalue weighted by atomic mass is 10.0. The average Bonchev–Trinajstić information content (AvgIpc) is 2.53. The molecule has 25 heavy (non-hydrogen) atoms. The molecule has 0 saturated carbocycles. The second-order valence-corrected chi connectivity index (χ2v) is 8.15. The minimum atomic E-state index is -3.41. The number of hydrogen-bond donors (Lipinski definition) is 1. The van der Waals surface area contributed by atoms with E-state index in [1.165, 1.54) is 16.4 Å². The van der Waals surface area contributed by atoms with E-state index in [4.69, 9.17) is 11.6 Å². The van der Waals surface area contributed by atoms with Gasteiger partial charge in [0.2, 0.25) is 10.0 Å². The first kappa shape index (κ1) is 17.7. The number of carbonyl (C=O) groups excluding carboxylic acids is 1. The minimum Gasteiger partial charge on any atom is -0.322 e. The van der Waals surface area contributed by atoms with Gasteiger partial charge in [0.05, 0.1) is 22.5 Å². The molecule has 2 aromatic carbocycles. The summed E-state index contributed by atoms with van der Waals surface area (Å²) in [6.07, 6.45) is 2.64. The number of amides is 1. The lowest BCUT2D eigenvalue weighted by Gasteiger charge is -2.29. The largest absolute Gasteiger partial charge is 0.322 e. The van der Waals surface area contributed by atoms with Crippen molar-refractivity contribution >= 4 is 38.9 Å². The van der Waals surface area contributed by atoms with Crippen LogP contribution in [0.15, 0.2) is 36.4 Å². The van der Waals surface area contributed by atoms with E-state index >= 15 is 0 Å². The van der Waals surface area contributed by atoms with Crippen molar-refractivity contribution in [2.75, 3.05) is 22.4 Å². The smallest absolute Gasteiger partial charge is 0.260 e. The Labute approximate surface area is 150 Å². The Morgan fingerprint density at radius 1 is 1.28 bits per heavy atom. The lowest BCUT2D eigenvalue weighted by Crippen LogP contribution is -2.34. The van der Waals surface area contributed by atoms with Crippen LogP contribution in [0.3, 0.4) is 0 Å². The fourth-order valence-electron chi connectivity index (χ4n) is 2.87. The summed E-state index contributed by atoms with van der Waals surface area (Å²) in [6.45, 7) is 0.391. The van der Waals surface area contributed by atoms with Gasteiger partial charge in [0.15, 0.2) is 0 Å². The van der Waals surface area contributed by atoms with Crippen LogP contribution in [0, 0.1) is 5.82 Å². The van der Waals surface area contributed by atoms with Crippen molar-refractivity contribution in [3.8, 4) is 0 Å². The first-order chi connectivity index (χ1) is 11.8. The van der Waals surface area contributed by atoms with Crippen molar-refractivity contribution in [2.45, 2.75) is 12.8 Å². The van der Waals surface area contributed by atoms with Crippen LogP contribution in [0.4, 0.5) is 15.8 Å². The number of sulfonamides is 1. The number of rotatable bonds is 3. The van der Waals surface area contributed by atoms with Crippen molar-refractivity contribution in [1.82, 2.24) is 0 Å². The molecule has 5 nitrogen and oxygen atoms in total. The molecule has 132 valence electrons. The van der Waals surface area contributed by atoms with E-state index in [9.17, 15) is 17.6 Å². The molecule has 2 aromatic rings. The van der Waals surface area contributed by atoms with E-state index < -0.39 is 21.7 Å². The van der Waals surface area contributed by atoms with Crippen molar-refractivity contribution in [3.05, 3.63) is 58.4 Å². The van der Waals surface area contributed by atoms with Crippen molar-refractivity contribution in [3.63, 3.8) is 0 Å². The van der Waals surface area contributed by atoms with E-state index in [0.29, 0.717) is 17.9 Å². The van der Waals surface area contributed by atoms with Crippen LogP contribution < -0.4 is 9.62 Å². The topological polar surface area (TPSA) is 66.5 Å². The van der Waals surface area contributed by atoms with Crippen LogP contribution in [0.1, 0.15) is 22.3 Å². The van der Waals surface area contributed by atoms with Crippen molar-refractivity contribution in [2.24, 2.45) is 0 Å². The monoisotopic (exact) mass is 382 g/mol. The highest BCUT2D eigenvalue weighted by Crippen LogP contribution is 2.32. The van der Waals surface area contributed by atoms with Gasteiger partial charge in [0.25, 0.3) is 5.91 Å². The van der Waals surface area contributed by atoms with Crippen LogP contribution in [0.5, 0.6) is 0 Å². The molecule has 8 heteroatoms. The standard InChI is InChI=1S/C17H16ClFN2O3S/c1-25(23,24)21-9-3-4-11-7-8-12(10-15(11)21)20-17(22)16-13(18)5-2-6-14(16)19/h2,5-8,10H,3-4,9H2,1H3,(H,20,22). The molecule has 0 unspecified atom stereocenters. The number of fused-ring (bicyclic) bond motifs is 1. The number of carbonyl (C=O) groups is 1. The van der Waals surface area contributed by atoms with Crippen molar-refractivity contribution in [1.29, 1.82) is 0 Å². The molecule has 1 N–H and O–H groups in total. The summed E-state index contributed by atoms with van der Waals surface area (Å²) in [5.41, 5.74) is 1.55. The first-order valence-corrected chi connectivity index (χ1v) is 9.86. The van der Waals surface area contributed by atoms with Gasteiger partial charge < -0.3 is 5.32 Å². The average molecular weight is 383 g/mol. The SMILES string of the molecule is CS(=O)(=O)N1CCCc2ccc(NC(=O)c3c(F)cccc3Cl)cc21. The molecule has 0 radical (unpaired) electrons. The van der Waals surface area contributed by atoms with Gasteiger partial charge in [-0.05, 0) is 42.7 Å². The van der Waals surface area contributed by atoms with E-state index in [2.05, 4.69) is 5.32 Å². The summed E-state index contributed by atoms with van der Waals surface area (Å²) in [5.74, 6) is -1.41. The first-order valence-electron chi connectivity index (χ1n) is 7.63. The highest BCUT2D eigenvalue weighted by atomic mass is 35.5. The number of benzene rings is 2. The van der Waals surface area contributed by atoms with E-state index in [1.807, 2.05) is 0 Å². The summed E-state index contributed by atoms with van der Waals surface area (Å²) in [7, 11) is -3.41. The number of hydrogen-bond acceptors (Lipinski definition) is 3. The molecule has 0 aromatic heterocycles. The van der Waals surface area contributed by atoms with Crippen LogP contribution >= 0.6 is 11.6 Å². The van der Waals surface area contributed by atoms with Gasteiger partial charge >= 0.3 is 0 Å². The zero-order chi connectivity index (χ0) is 18.2. The van der Waals surface area contributed by atoms with Crippen LogP contribution in [0.25, 0.3) is 0 Å². The molecule has 1 heterocycles. The van der Waals surface area contributed by atoms with Gasteiger partial charge in [-0.15, -0.1) is 0 Å². The summed E-state index contributed by atoms with van der Waals surface area (Å²) >= 11 is 5.90. The van der Waals surface area contributed by atoms with Gasteiger partial charge in [-0.25, -0.2) is 12.8 Å². The van der Waals surface area contributed by atoms with E-state index in [0.717, 1.165) is 30.7 Å². The minimum absolute atomic E-state index is 0.00761. The zero-order valence-electron chi connectivity index (χ0n) is 13.4. The number of aryl methyl sites for hydroxylation is 1. The molecule has 0 atom stereocenters. The van der Waals surface area contributed by atoms with Gasteiger partial charge in [0.1, 0.15) is 5.82 Å². The molecule has 0 spiro atoms. The molecule has 0 bridgehead atoms. The third-order valence-electron chi connectivity index (χ3n) is 4.01. The van der Waals surface area contributed by atoms with Crippen molar-refractivity contribution < 1.29 is 17.6 Å². The molecule has 1 aliphatic heterocycles. The summed E-state index contributed by atoms with van der Waals surface area (Å²) < 4.78 is 39.1. The second-order valence-electron chi connectivity index (χ2n) is 5.83. The second kappa shape index (κ2) is 6.65. The molecule has 3 rings (SSSR count). The van der Waals surface area contributed by atoms with Gasteiger partial charge in [-0.2, -0.15) is 0 Å². The van der Waals surface area contributed by atoms with Gasteiger partial charge in [-0.1, -0.05) is 23.7 Å². The zero-order valence-corrected chi connectivity index (χ0v) is 15.0. The number of nitrogens with zero attached hydrogens (tertiary/aromatic N) is 1. The lowest BCUT2D eigenvalue weighted by molar-refractivity contribution is 0.102. The Kier molecular flexibility index (Phi) is 4.71. The molecule has 0 saturated heterocycles. The van der Waals surface area contributed by atoms with E-state index in [1.54, 1.807) is 18.2 Å². The normalized spacial score (nSPS) is 14.1. The fourth-order valence-corrected chi connectivity index (χ4v) is 4.11. The Morgan fingerprint density at radius 3 is 2.72 bits per heavy atom. The fraction of sp³-hybridized carbons (Fsp3) is 0.235. The van der Waals surface area contributed by atoms with Crippen LogP contribution in [0.2, 0.25) is 5.02 Å². The van der Waals surface area contributed by atoms with E-state index in [-0.39, 0.29) is 10.6 Å². The summed E-state index contributed by atoms with van der Waals surface area (Å²) in [5, 5.41) is 2.58. The maximum absolute atomic E-state index is 13.9. The predicted octanol–water partition coefficient (Wildman–Crippen LogP) is 3.44. The van der Waals surface area contributed by atoms with Gasteiger partial charge in [0, 0.05) is 12.2 Å². The number of anilines is 2. The van der Waals surface area contributed by atoms with Gasteiger partial charge in [-0.3, -0.25) is 9.10 Å². The number of nitrogens with one attached hydrogen (secondary N) is 1. The highest BCUT2D eigenvalue weighted by molar-refractivity contribution is 7.92. The Hall–Kier alpha value is -2.12. The molecule has 0 aliphatic carbocycles. The Morgan fingerprint density at radius 2 is 2.04 bits per heavy atom. The molecule has 1 aliphatic rings. The third kappa shape index (κ3) is 3.62. The maximum atomic E-state index is 13.9. The highest BCUT2D eigenvalue weighted by Gasteiger charge is 2.24. The predicted molar refractivity (Wildman–Crippen MR) is 96.3 cm³/mol. The summed E-state index contributed by atoms with van der Waals surface area (Å²) in [4.78, 5) is 12.3. The quantitative estimate of drug-likeness (QED) is 0.884.